The highest BCUT2D eigenvalue weighted by atomic mass is 79.9. The summed E-state index contributed by atoms with van der Waals surface area (Å²) < 4.78 is 33.5. The zero-order chi connectivity index (χ0) is 32.6. The maximum absolute atomic E-state index is 13.7. The maximum atomic E-state index is 13.7. The zero-order valence-electron chi connectivity index (χ0n) is 25.1. The predicted octanol–water partition coefficient (Wildman–Crippen LogP) is 4.66. The molecular weight excluding hydrogens is 698 g/mol. The molecule has 0 saturated carbocycles. The molecular formula is C31H31BrClN7O5S. The summed E-state index contributed by atoms with van der Waals surface area (Å²) in [5, 5.41) is 11.8. The number of anilines is 3. The van der Waals surface area contributed by atoms with Crippen molar-refractivity contribution >= 4 is 66.4 Å². The van der Waals surface area contributed by atoms with Crippen LogP contribution < -0.4 is 19.3 Å². The van der Waals surface area contributed by atoms with Gasteiger partial charge in [0.1, 0.15) is 11.4 Å². The number of amides is 2. The standard InChI is InChI=1S/C31H31BrClN7O5S/c1-37-29(28(35-36-37)22-6-3-4-7-27(22)45-2)31(42)39-15-13-38(14-16-39)26-19-25(23(32)18-24(26)33)34-30(41)20-8-10-21(11-9-20)40-12-5-17-46(40,43)44/h3-4,6-11,18-19H,5,12-17H2,1-2H3,(H,34,41). The minimum atomic E-state index is -3.31. The van der Waals surface area contributed by atoms with Crippen LogP contribution in [0.4, 0.5) is 17.1 Å². The van der Waals surface area contributed by atoms with Gasteiger partial charge in [0, 0.05) is 55.4 Å². The second kappa shape index (κ2) is 12.9. The molecule has 0 atom stereocenters. The molecule has 15 heteroatoms. The van der Waals surface area contributed by atoms with Gasteiger partial charge in [-0.3, -0.25) is 13.9 Å². The number of nitrogens with one attached hydrogen (secondary N) is 1. The number of carbonyl (C=O) groups excluding carboxylic acids is 2. The van der Waals surface area contributed by atoms with Crippen LogP contribution in [-0.4, -0.2) is 85.7 Å². The van der Waals surface area contributed by atoms with E-state index >= 15 is 0 Å². The first-order valence-electron chi connectivity index (χ1n) is 14.6. The second-order valence-electron chi connectivity index (χ2n) is 10.9. The van der Waals surface area contributed by atoms with Crippen LogP contribution in [0.3, 0.4) is 0 Å². The number of sulfonamides is 1. The van der Waals surface area contributed by atoms with Crippen molar-refractivity contribution in [3.63, 3.8) is 0 Å². The quantitative estimate of drug-likeness (QED) is 0.291. The Balaban J connectivity index is 1.14. The molecule has 0 unspecified atom stereocenters. The fourth-order valence-corrected chi connectivity index (χ4v) is 8.12. The van der Waals surface area contributed by atoms with E-state index in [1.807, 2.05) is 24.3 Å². The number of aromatic nitrogens is 3. The molecule has 3 heterocycles. The molecule has 0 spiro atoms. The molecule has 240 valence electrons. The number of halogens is 2. The summed E-state index contributed by atoms with van der Waals surface area (Å²) in [6.07, 6.45) is 0.579. The Hall–Kier alpha value is -4.14. The van der Waals surface area contributed by atoms with Crippen molar-refractivity contribution in [2.45, 2.75) is 6.42 Å². The van der Waals surface area contributed by atoms with Crippen molar-refractivity contribution in [3.05, 3.63) is 81.4 Å². The highest BCUT2D eigenvalue weighted by Crippen LogP contribution is 2.37. The summed E-state index contributed by atoms with van der Waals surface area (Å²) in [5.41, 5.74) is 3.69. The summed E-state index contributed by atoms with van der Waals surface area (Å²) in [7, 11) is -0.0428. The van der Waals surface area contributed by atoms with Crippen LogP contribution in [0.1, 0.15) is 27.3 Å². The Morgan fingerprint density at radius 1 is 1.00 bits per heavy atom. The maximum Gasteiger partial charge on any atom is 0.274 e. The molecule has 2 fully saturated rings. The van der Waals surface area contributed by atoms with E-state index in [2.05, 4.69) is 36.5 Å². The Labute approximate surface area is 280 Å². The number of piperazine rings is 1. The third-order valence-electron chi connectivity index (χ3n) is 8.10. The van der Waals surface area contributed by atoms with Crippen molar-refractivity contribution in [2.24, 2.45) is 7.05 Å². The molecule has 2 aliphatic heterocycles. The first-order chi connectivity index (χ1) is 22.1. The van der Waals surface area contributed by atoms with Gasteiger partial charge in [0.25, 0.3) is 11.8 Å². The van der Waals surface area contributed by atoms with E-state index in [1.165, 1.54) is 8.99 Å². The largest absolute Gasteiger partial charge is 0.496 e. The van der Waals surface area contributed by atoms with Gasteiger partial charge in [0.05, 0.1) is 34.9 Å². The van der Waals surface area contributed by atoms with E-state index in [0.717, 1.165) is 5.69 Å². The fraction of sp³-hybridized carbons (Fsp3) is 0.290. The van der Waals surface area contributed by atoms with Crippen molar-refractivity contribution in [2.75, 3.05) is 60.1 Å². The molecule has 0 bridgehead atoms. The first kappa shape index (κ1) is 31.8. The number of nitrogens with zero attached hydrogens (tertiary/aromatic N) is 6. The van der Waals surface area contributed by atoms with Gasteiger partial charge in [0.2, 0.25) is 10.0 Å². The van der Waals surface area contributed by atoms with Crippen molar-refractivity contribution in [3.8, 4) is 17.0 Å². The lowest BCUT2D eigenvalue weighted by Crippen LogP contribution is -2.49. The molecule has 0 radical (unpaired) electrons. The summed E-state index contributed by atoms with van der Waals surface area (Å²) in [6.45, 7) is 2.32. The van der Waals surface area contributed by atoms with Crippen LogP contribution in [0.5, 0.6) is 5.75 Å². The Morgan fingerprint density at radius 3 is 2.39 bits per heavy atom. The highest BCUT2D eigenvalue weighted by Gasteiger charge is 2.30. The van der Waals surface area contributed by atoms with E-state index < -0.39 is 10.0 Å². The van der Waals surface area contributed by atoms with Gasteiger partial charge in [-0.05, 0) is 70.9 Å². The summed E-state index contributed by atoms with van der Waals surface area (Å²) in [6, 6.07) is 17.4. The lowest BCUT2D eigenvalue weighted by molar-refractivity contribution is 0.0736. The van der Waals surface area contributed by atoms with Gasteiger partial charge in [-0.2, -0.15) is 0 Å². The van der Waals surface area contributed by atoms with E-state index in [9.17, 15) is 18.0 Å². The first-order valence-corrected chi connectivity index (χ1v) is 17.3. The molecule has 46 heavy (non-hydrogen) atoms. The number of rotatable bonds is 7. The number of ether oxygens (including phenoxy) is 1. The zero-order valence-corrected chi connectivity index (χ0v) is 28.3. The van der Waals surface area contributed by atoms with Gasteiger partial charge in [-0.1, -0.05) is 28.9 Å². The van der Waals surface area contributed by atoms with E-state index in [-0.39, 0.29) is 17.6 Å². The average Bonchev–Trinajstić information content (AvgIpc) is 3.62. The van der Waals surface area contributed by atoms with Crippen LogP contribution in [0, 0.1) is 0 Å². The molecule has 2 saturated heterocycles. The Bertz CT molecular complexity index is 1910. The van der Waals surface area contributed by atoms with Crippen molar-refractivity contribution < 1.29 is 22.7 Å². The molecule has 2 aliphatic rings. The van der Waals surface area contributed by atoms with Crippen molar-refractivity contribution in [1.29, 1.82) is 0 Å². The number of para-hydroxylation sites is 1. The molecule has 1 N–H and O–H groups in total. The topological polar surface area (TPSA) is 130 Å². The Morgan fingerprint density at radius 2 is 1.72 bits per heavy atom. The normalized spacial score (nSPS) is 16.0. The minimum Gasteiger partial charge on any atom is -0.496 e. The summed E-state index contributed by atoms with van der Waals surface area (Å²) in [4.78, 5) is 30.7. The van der Waals surface area contributed by atoms with Gasteiger partial charge in [-0.15, -0.1) is 5.10 Å². The highest BCUT2D eigenvalue weighted by molar-refractivity contribution is 9.10. The molecule has 12 nitrogen and oxygen atoms in total. The number of benzene rings is 3. The lowest BCUT2D eigenvalue weighted by Gasteiger charge is -2.36. The fourth-order valence-electron chi connectivity index (χ4n) is 5.70. The van der Waals surface area contributed by atoms with Crippen molar-refractivity contribution in [1.82, 2.24) is 19.9 Å². The number of carbonyl (C=O) groups is 2. The SMILES string of the molecule is COc1ccccc1-c1nnn(C)c1C(=O)N1CCN(c2cc(NC(=O)c3ccc(N4CCCS4(=O)=O)cc3)c(Br)cc2Cl)CC1. The van der Waals surface area contributed by atoms with E-state index in [0.29, 0.717) is 88.3 Å². The van der Waals surface area contributed by atoms with E-state index in [1.54, 1.807) is 55.5 Å². The molecule has 1 aromatic heterocycles. The molecule has 0 aliphatic carbocycles. The Kier molecular flexibility index (Phi) is 8.95. The third-order valence-corrected chi connectivity index (χ3v) is 10.9. The summed E-state index contributed by atoms with van der Waals surface area (Å²) in [5.74, 6) is 0.191. The number of methoxy groups -OCH3 is 1. The van der Waals surface area contributed by atoms with Crippen LogP contribution in [0.2, 0.25) is 5.02 Å². The van der Waals surface area contributed by atoms with E-state index in [4.69, 9.17) is 16.3 Å². The molecule has 3 aromatic carbocycles. The summed E-state index contributed by atoms with van der Waals surface area (Å²) >= 11 is 10.2. The van der Waals surface area contributed by atoms with Crippen LogP contribution >= 0.6 is 27.5 Å². The van der Waals surface area contributed by atoms with Crippen LogP contribution in [0.25, 0.3) is 11.3 Å². The van der Waals surface area contributed by atoms with Gasteiger partial charge >= 0.3 is 0 Å². The average molecular weight is 729 g/mol. The van der Waals surface area contributed by atoms with Crippen LogP contribution in [-0.2, 0) is 17.1 Å². The second-order valence-corrected chi connectivity index (χ2v) is 14.2. The number of hydrogen-bond donors (Lipinski definition) is 1. The third kappa shape index (κ3) is 6.16. The number of hydrogen-bond acceptors (Lipinski definition) is 8. The predicted molar refractivity (Wildman–Crippen MR) is 180 cm³/mol. The van der Waals surface area contributed by atoms with Gasteiger partial charge < -0.3 is 19.9 Å². The smallest absolute Gasteiger partial charge is 0.274 e. The van der Waals surface area contributed by atoms with Gasteiger partial charge in [-0.25, -0.2) is 13.1 Å². The lowest BCUT2D eigenvalue weighted by atomic mass is 10.1. The molecule has 4 aromatic rings. The minimum absolute atomic E-state index is 0.125. The molecule has 2 amide bonds. The van der Waals surface area contributed by atoms with Crippen LogP contribution in [0.15, 0.2) is 65.1 Å². The van der Waals surface area contributed by atoms with Gasteiger partial charge in [0.15, 0.2) is 5.69 Å². The number of aryl methyl sites for hydroxylation is 1. The monoisotopic (exact) mass is 727 g/mol. The molecule has 6 rings (SSSR count).